The van der Waals surface area contributed by atoms with Crippen LogP contribution in [0.2, 0.25) is 0 Å². The van der Waals surface area contributed by atoms with Crippen LogP contribution in [0.1, 0.15) is 27.7 Å². The molecule has 0 heterocycles. The molecule has 6 nitrogen and oxygen atoms in total. The summed E-state index contributed by atoms with van der Waals surface area (Å²) in [6.07, 6.45) is 0. The third kappa shape index (κ3) is 8.81. The molecule has 0 atom stereocenters. The van der Waals surface area contributed by atoms with Crippen molar-refractivity contribution in [2.75, 3.05) is 32.7 Å². The van der Waals surface area contributed by atoms with Gasteiger partial charge in [-0.2, -0.15) is 0 Å². The number of urea groups is 1. The summed E-state index contributed by atoms with van der Waals surface area (Å²) in [4.78, 5) is 24.2. The highest BCUT2D eigenvalue weighted by atomic mass is 16.2. The average molecular weight is 258 g/mol. The van der Waals surface area contributed by atoms with Crippen molar-refractivity contribution in [1.29, 1.82) is 0 Å². The Labute approximate surface area is 109 Å². The fraction of sp³-hybridized carbons (Fsp3) is 0.833. The Balaban J connectivity index is 3.55. The Hall–Kier alpha value is -1.30. The van der Waals surface area contributed by atoms with Crippen LogP contribution in [0.4, 0.5) is 4.79 Å². The number of hydrogen-bond donors (Lipinski definition) is 3. The number of nitrogens with one attached hydrogen (secondary N) is 3. The Bertz CT molecular complexity index is 256. The van der Waals surface area contributed by atoms with E-state index in [0.29, 0.717) is 25.7 Å². The van der Waals surface area contributed by atoms with Gasteiger partial charge in [-0.3, -0.25) is 9.69 Å². The van der Waals surface area contributed by atoms with Crippen molar-refractivity contribution in [3.63, 3.8) is 0 Å². The molecular formula is C12H26N4O2. The smallest absolute Gasteiger partial charge is 0.314 e. The molecule has 0 saturated heterocycles. The molecule has 0 aliphatic carbocycles. The fourth-order valence-corrected chi connectivity index (χ4v) is 1.57. The molecule has 0 fully saturated rings. The van der Waals surface area contributed by atoms with E-state index in [1.54, 1.807) is 0 Å². The molecule has 0 aliphatic heterocycles. The first-order valence-electron chi connectivity index (χ1n) is 6.47. The summed E-state index contributed by atoms with van der Waals surface area (Å²) in [7, 11) is 0. The van der Waals surface area contributed by atoms with E-state index in [1.807, 2.05) is 0 Å². The van der Waals surface area contributed by atoms with Crippen molar-refractivity contribution < 1.29 is 9.59 Å². The predicted molar refractivity (Wildman–Crippen MR) is 72.5 cm³/mol. The van der Waals surface area contributed by atoms with E-state index >= 15 is 0 Å². The molecule has 0 radical (unpaired) electrons. The molecule has 18 heavy (non-hydrogen) atoms. The molecule has 3 N–H and O–H groups in total. The van der Waals surface area contributed by atoms with Gasteiger partial charge in [0.05, 0.1) is 0 Å². The van der Waals surface area contributed by atoms with Crippen LogP contribution in [0.3, 0.4) is 0 Å². The summed E-state index contributed by atoms with van der Waals surface area (Å²) < 4.78 is 0. The second-order valence-corrected chi connectivity index (χ2v) is 4.39. The van der Waals surface area contributed by atoms with Gasteiger partial charge in [-0.15, -0.1) is 0 Å². The maximum atomic E-state index is 11.4. The second-order valence-electron chi connectivity index (χ2n) is 4.39. The van der Waals surface area contributed by atoms with Crippen LogP contribution >= 0.6 is 0 Å². The third-order valence-corrected chi connectivity index (χ3v) is 2.61. The van der Waals surface area contributed by atoms with Crippen molar-refractivity contribution in [2.45, 2.75) is 33.7 Å². The second kappa shape index (κ2) is 9.70. The lowest BCUT2D eigenvalue weighted by Crippen LogP contribution is -2.43. The SMILES string of the molecule is CCN(CCNC(=O)NCCNC(C)=O)C(C)C. The first-order valence-corrected chi connectivity index (χ1v) is 6.47. The molecular weight excluding hydrogens is 232 g/mol. The maximum Gasteiger partial charge on any atom is 0.314 e. The van der Waals surface area contributed by atoms with E-state index in [1.165, 1.54) is 6.92 Å². The standard InChI is InChI=1S/C12H26N4O2/c1-5-16(10(2)3)9-8-15-12(18)14-7-6-13-11(4)17/h10H,5-9H2,1-4H3,(H,13,17)(H2,14,15,18). The number of hydrogen-bond acceptors (Lipinski definition) is 3. The average Bonchev–Trinajstić information content (AvgIpc) is 2.29. The Morgan fingerprint density at radius 2 is 1.61 bits per heavy atom. The summed E-state index contributed by atoms with van der Waals surface area (Å²) in [5, 5.41) is 8.07. The first kappa shape index (κ1) is 16.7. The Morgan fingerprint density at radius 1 is 1.06 bits per heavy atom. The van der Waals surface area contributed by atoms with Gasteiger partial charge in [0.1, 0.15) is 0 Å². The van der Waals surface area contributed by atoms with Crippen LogP contribution < -0.4 is 16.0 Å². The summed E-state index contributed by atoms with van der Waals surface area (Å²) in [6.45, 7) is 11.2. The monoisotopic (exact) mass is 258 g/mol. The number of likely N-dealkylation sites (N-methyl/N-ethyl adjacent to an activating group) is 1. The van der Waals surface area contributed by atoms with Gasteiger partial charge < -0.3 is 16.0 Å². The number of amides is 3. The van der Waals surface area contributed by atoms with Crippen LogP contribution in [-0.4, -0.2) is 55.6 Å². The molecule has 0 bridgehead atoms. The molecule has 0 unspecified atom stereocenters. The van der Waals surface area contributed by atoms with Gasteiger partial charge in [0.15, 0.2) is 0 Å². The predicted octanol–water partition coefficient (Wildman–Crippen LogP) is 0.152. The van der Waals surface area contributed by atoms with Crippen molar-refractivity contribution in [2.24, 2.45) is 0 Å². The van der Waals surface area contributed by atoms with E-state index < -0.39 is 0 Å². The highest BCUT2D eigenvalue weighted by Gasteiger charge is 2.06. The van der Waals surface area contributed by atoms with Crippen LogP contribution in [0.15, 0.2) is 0 Å². The largest absolute Gasteiger partial charge is 0.355 e. The van der Waals surface area contributed by atoms with Crippen molar-refractivity contribution in [3.8, 4) is 0 Å². The number of carbonyl (C=O) groups is 2. The lowest BCUT2D eigenvalue weighted by molar-refractivity contribution is -0.118. The van der Waals surface area contributed by atoms with Gasteiger partial charge in [-0.25, -0.2) is 4.79 Å². The van der Waals surface area contributed by atoms with Gasteiger partial charge in [0.2, 0.25) is 5.91 Å². The van der Waals surface area contributed by atoms with Crippen LogP contribution in [0.5, 0.6) is 0 Å². The molecule has 106 valence electrons. The van der Waals surface area contributed by atoms with Crippen molar-refractivity contribution in [1.82, 2.24) is 20.9 Å². The van der Waals surface area contributed by atoms with E-state index in [9.17, 15) is 9.59 Å². The number of carbonyl (C=O) groups excluding carboxylic acids is 2. The van der Waals surface area contributed by atoms with E-state index in [0.717, 1.165) is 13.1 Å². The molecule has 3 amide bonds. The minimum Gasteiger partial charge on any atom is -0.355 e. The highest BCUT2D eigenvalue weighted by molar-refractivity contribution is 5.74. The summed E-state index contributed by atoms with van der Waals surface area (Å²) in [5.41, 5.74) is 0. The Kier molecular flexibility index (Phi) is 9.00. The normalized spacial score (nSPS) is 10.6. The molecule has 0 rings (SSSR count). The lowest BCUT2D eigenvalue weighted by Gasteiger charge is -2.24. The zero-order valence-electron chi connectivity index (χ0n) is 11.9. The molecule has 0 aromatic heterocycles. The van der Waals surface area contributed by atoms with Gasteiger partial charge >= 0.3 is 6.03 Å². The van der Waals surface area contributed by atoms with Crippen LogP contribution in [0, 0.1) is 0 Å². The van der Waals surface area contributed by atoms with E-state index in [-0.39, 0.29) is 11.9 Å². The fourth-order valence-electron chi connectivity index (χ4n) is 1.57. The zero-order valence-corrected chi connectivity index (χ0v) is 11.9. The molecule has 0 spiro atoms. The van der Waals surface area contributed by atoms with Crippen LogP contribution in [0.25, 0.3) is 0 Å². The molecule has 0 aromatic carbocycles. The van der Waals surface area contributed by atoms with Gasteiger partial charge in [-0.05, 0) is 20.4 Å². The molecule has 6 heteroatoms. The number of rotatable bonds is 8. The summed E-state index contributed by atoms with van der Waals surface area (Å²) in [5.74, 6) is -0.0901. The lowest BCUT2D eigenvalue weighted by atomic mass is 10.3. The van der Waals surface area contributed by atoms with Gasteiger partial charge in [0.25, 0.3) is 0 Å². The molecule has 0 aromatic rings. The van der Waals surface area contributed by atoms with Crippen molar-refractivity contribution >= 4 is 11.9 Å². The molecule has 0 aliphatic rings. The third-order valence-electron chi connectivity index (χ3n) is 2.61. The summed E-state index contributed by atoms with van der Waals surface area (Å²) >= 11 is 0. The van der Waals surface area contributed by atoms with Crippen LogP contribution in [-0.2, 0) is 4.79 Å². The van der Waals surface area contributed by atoms with E-state index in [4.69, 9.17) is 0 Å². The minimum absolute atomic E-state index is 0.0901. The molecule has 0 saturated carbocycles. The summed E-state index contributed by atoms with van der Waals surface area (Å²) in [6, 6.07) is 0.291. The Morgan fingerprint density at radius 3 is 2.11 bits per heavy atom. The highest BCUT2D eigenvalue weighted by Crippen LogP contribution is 1.94. The quantitative estimate of drug-likeness (QED) is 0.543. The topological polar surface area (TPSA) is 73.5 Å². The van der Waals surface area contributed by atoms with Gasteiger partial charge in [0, 0.05) is 39.1 Å². The zero-order chi connectivity index (χ0) is 14.0. The van der Waals surface area contributed by atoms with Gasteiger partial charge in [-0.1, -0.05) is 6.92 Å². The first-order chi connectivity index (χ1) is 8.47. The maximum absolute atomic E-state index is 11.4. The van der Waals surface area contributed by atoms with E-state index in [2.05, 4.69) is 41.6 Å². The number of nitrogens with zero attached hydrogens (tertiary/aromatic N) is 1. The van der Waals surface area contributed by atoms with Crippen molar-refractivity contribution in [3.05, 3.63) is 0 Å². The minimum atomic E-state index is -0.194.